The number of halogens is 3. The smallest absolute Gasteiger partial charge is 0.224 e. The largest absolute Gasteiger partial charge is 0.351 e. The van der Waals surface area contributed by atoms with Gasteiger partial charge in [-0.2, -0.15) is 0 Å². The summed E-state index contributed by atoms with van der Waals surface area (Å²) in [6.45, 7) is 1.34. The number of piperidine rings is 1. The Morgan fingerprint density at radius 1 is 1.17 bits per heavy atom. The monoisotopic (exact) mass is 434 g/mol. The van der Waals surface area contributed by atoms with Gasteiger partial charge in [0, 0.05) is 18.5 Å². The van der Waals surface area contributed by atoms with Gasteiger partial charge in [-0.1, -0.05) is 18.2 Å². The van der Waals surface area contributed by atoms with Crippen molar-refractivity contribution in [3.8, 4) is 5.69 Å². The van der Waals surface area contributed by atoms with E-state index in [1.54, 1.807) is 6.07 Å². The van der Waals surface area contributed by atoms with Crippen LogP contribution in [0.25, 0.3) is 5.69 Å². The number of hydrogen-bond donors (Lipinski definition) is 2. The third-order valence-electron chi connectivity index (χ3n) is 5.11. The molecule has 2 atom stereocenters. The standard InChI is InChI=1S/C20H20F2N6O.ClH/c21-17-6-3-14(10-18(17)22)16-7-8-23-11-19(16)25-20(29)9-13-1-4-15(5-2-13)28-12-24-26-27-28;/h1-6,10,12,16,19,23H,7-9,11H2,(H,25,29);1H. The summed E-state index contributed by atoms with van der Waals surface area (Å²) >= 11 is 0. The number of hydrogen-bond acceptors (Lipinski definition) is 5. The minimum absolute atomic E-state index is 0. The Morgan fingerprint density at radius 2 is 1.97 bits per heavy atom. The van der Waals surface area contributed by atoms with Crippen LogP contribution in [-0.4, -0.2) is 45.2 Å². The summed E-state index contributed by atoms with van der Waals surface area (Å²) < 4.78 is 28.4. The lowest BCUT2D eigenvalue weighted by Crippen LogP contribution is -2.50. The fourth-order valence-electron chi connectivity index (χ4n) is 3.64. The highest BCUT2D eigenvalue weighted by Gasteiger charge is 2.28. The third kappa shape index (κ3) is 4.98. The van der Waals surface area contributed by atoms with Crippen molar-refractivity contribution in [3.63, 3.8) is 0 Å². The second-order valence-corrected chi connectivity index (χ2v) is 7.04. The minimum atomic E-state index is -0.867. The number of tetrazole rings is 1. The highest BCUT2D eigenvalue weighted by atomic mass is 35.5. The van der Waals surface area contributed by atoms with Crippen molar-refractivity contribution in [1.29, 1.82) is 0 Å². The fourth-order valence-corrected chi connectivity index (χ4v) is 3.64. The predicted octanol–water partition coefficient (Wildman–Crippen LogP) is 2.17. The van der Waals surface area contributed by atoms with Crippen molar-refractivity contribution in [1.82, 2.24) is 30.8 Å². The molecule has 1 amide bonds. The molecule has 1 aliphatic rings. The van der Waals surface area contributed by atoms with E-state index in [1.165, 1.54) is 17.1 Å². The molecule has 10 heteroatoms. The number of rotatable bonds is 5. The number of aromatic nitrogens is 4. The second kappa shape index (κ2) is 9.73. The molecule has 158 valence electrons. The van der Waals surface area contributed by atoms with Crippen molar-refractivity contribution >= 4 is 18.3 Å². The molecule has 30 heavy (non-hydrogen) atoms. The zero-order chi connectivity index (χ0) is 20.2. The highest BCUT2D eigenvalue weighted by Crippen LogP contribution is 2.27. The predicted molar refractivity (Wildman–Crippen MR) is 109 cm³/mol. The van der Waals surface area contributed by atoms with Gasteiger partial charge in [0.15, 0.2) is 11.6 Å². The summed E-state index contributed by atoms with van der Waals surface area (Å²) in [6.07, 6.45) is 2.45. The van der Waals surface area contributed by atoms with Crippen LogP contribution >= 0.6 is 12.4 Å². The van der Waals surface area contributed by atoms with Crippen LogP contribution in [0.2, 0.25) is 0 Å². The van der Waals surface area contributed by atoms with Crippen LogP contribution in [0.1, 0.15) is 23.5 Å². The van der Waals surface area contributed by atoms with Gasteiger partial charge in [0.2, 0.25) is 5.91 Å². The Labute approximate surface area is 178 Å². The van der Waals surface area contributed by atoms with Crippen LogP contribution in [0, 0.1) is 11.6 Å². The van der Waals surface area contributed by atoms with E-state index in [9.17, 15) is 13.6 Å². The molecule has 2 unspecified atom stereocenters. The van der Waals surface area contributed by atoms with Gasteiger partial charge in [-0.05, 0) is 58.8 Å². The van der Waals surface area contributed by atoms with Gasteiger partial charge in [0.05, 0.1) is 12.1 Å². The molecule has 1 aliphatic heterocycles. The van der Waals surface area contributed by atoms with E-state index in [0.29, 0.717) is 12.1 Å². The average Bonchev–Trinajstić information content (AvgIpc) is 3.26. The quantitative estimate of drug-likeness (QED) is 0.643. The molecular formula is C20H21ClF2N6O. The Kier molecular flexibility index (Phi) is 7.07. The van der Waals surface area contributed by atoms with Crippen molar-refractivity contribution in [3.05, 3.63) is 71.6 Å². The van der Waals surface area contributed by atoms with Crippen LogP contribution in [0.3, 0.4) is 0 Å². The number of carbonyl (C=O) groups excluding carboxylic acids is 1. The molecule has 0 spiro atoms. The maximum Gasteiger partial charge on any atom is 0.224 e. The van der Waals surface area contributed by atoms with Crippen LogP contribution in [0.5, 0.6) is 0 Å². The van der Waals surface area contributed by atoms with E-state index >= 15 is 0 Å². The molecule has 0 aliphatic carbocycles. The maximum atomic E-state index is 13.7. The van der Waals surface area contributed by atoms with Gasteiger partial charge in [-0.25, -0.2) is 13.5 Å². The molecule has 2 aromatic carbocycles. The number of nitrogens with one attached hydrogen (secondary N) is 2. The first kappa shape index (κ1) is 21.8. The number of carbonyl (C=O) groups is 1. The van der Waals surface area contributed by atoms with Crippen LogP contribution < -0.4 is 10.6 Å². The van der Waals surface area contributed by atoms with Crippen molar-refractivity contribution < 1.29 is 13.6 Å². The minimum Gasteiger partial charge on any atom is -0.351 e. The topological polar surface area (TPSA) is 84.7 Å². The summed E-state index contributed by atoms with van der Waals surface area (Å²) in [7, 11) is 0. The lowest BCUT2D eigenvalue weighted by molar-refractivity contribution is -0.121. The number of amides is 1. The molecular weight excluding hydrogens is 414 g/mol. The van der Waals surface area contributed by atoms with E-state index in [2.05, 4.69) is 26.2 Å². The molecule has 1 saturated heterocycles. The molecule has 0 radical (unpaired) electrons. The second-order valence-electron chi connectivity index (χ2n) is 7.04. The highest BCUT2D eigenvalue weighted by molar-refractivity contribution is 5.85. The van der Waals surface area contributed by atoms with Crippen molar-refractivity contribution in [2.45, 2.75) is 24.8 Å². The van der Waals surface area contributed by atoms with Gasteiger partial charge in [0.25, 0.3) is 0 Å². The van der Waals surface area contributed by atoms with E-state index < -0.39 is 11.6 Å². The third-order valence-corrected chi connectivity index (χ3v) is 5.11. The van der Waals surface area contributed by atoms with E-state index in [-0.39, 0.29) is 36.7 Å². The van der Waals surface area contributed by atoms with Crippen molar-refractivity contribution in [2.24, 2.45) is 0 Å². The van der Waals surface area contributed by atoms with Crippen molar-refractivity contribution in [2.75, 3.05) is 13.1 Å². The average molecular weight is 435 g/mol. The molecule has 4 rings (SSSR count). The first-order chi connectivity index (χ1) is 14.1. The van der Waals surface area contributed by atoms with Crippen LogP contribution in [0.15, 0.2) is 48.8 Å². The lowest BCUT2D eigenvalue weighted by atomic mass is 9.86. The zero-order valence-electron chi connectivity index (χ0n) is 16.0. The molecule has 7 nitrogen and oxygen atoms in total. The summed E-state index contributed by atoms with van der Waals surface area (Å²) in [5, 5.41) is 17.3. The number of nitrogens with zero attached hydrogens (tertiary/aromatic N) is 4. The molecule has 1 aromatic heterocycles. The van der Waals surface area contributed by atoms with Gasteiger partial charge >= 0.3 is 0 Å². The van der Waals surface area contributed by atoms with E-state index in [1.807, 2.05) is 24.3 Å². The van der Waals surface area contributed by atoms with Gasteiger partial charge < -0.3 is 10.6 Å². The van der Waals surface area contributed by atoms with E-state index in [0.717, 1.165) is 30.3 Å². The van der Waals surface area contributed by atoms with Crippen LogP contribution in [-0.2, 0) is 11.2 Å². The Morgan fingerprint density at radius 3 is 2.67 bits per heavy atom. The van der Waals surface area contributed by atoms with Crippen LogP contribution in [0.4, 0.5) is 8.78 Å². The number of benzene rings is 2. The molecule has 2 N–H and O–H groups in total. The first-order valence-electron chi connectivity index (χ1n) is 9.37. The Bertz CT molecular complexity index is 983. The van der Waals surface area contributed by atoms with Gasteiger partial charge in [-0.15, -0.1) is 17.5 Å². The first-order valence-corrected chi connectivity index (χ1v) is 9.37. The molecule has 0 bridgehead atoms. The Balaban J connectivity index is 0.00000256. The SMILES string of the molecule is Cl.O=C(Cc1ccc(-n2cnnn2)cc1)NC1CNCCC1c1ccc(F)c(F)c1. The fraction of sp³-hybridized carbons (Fsp3) is 0.300. The summed E-state index contributed by atoms with van der Waals surface area (Å²) in [6, 6.07) is 11.1. The molecule has 2 heterocycles. The summed E-state index contributed by atoms with van der Waals surface area (Å²) in [5.41, 5.74) is 2.35. The molecule has 1 fully saturated rings. The maximum absolute atomic E-state index is 13.7. The zero-order valence-corrected chi connectivity index (χ0v) is 16.8. The normalized spacial score (nSPS) is 18.5. The molecule has 0 saturated carbocycles. The van der Waals surface area contributed by atoms with E-state index in [4.69, 9.17) is 0 Å². The summed E-state index contributed by atoms with van der Waals surface area (Å²) in [5.74, 6) is -1.93. The van der Waals surface area contributed by atoms with Gasteiger partial charge in [0.1, 0.15) is 6.33 Å². The lowest BCUT2D eigenvalue weighted by Gasteiger charge is -2.33. The summed E-state index contributed by atoms with van der Waals surface area (Å²) in [4.78, 5) is 12.6. The molecule has 3 aromatic rings. The van der Waals surface area contributed by atoms with Gasteiger partial charge in [-0.3, -0.25) is 4.79 Å². The Hall–Kier alpha value is -2.91.